The maximum Gasteiger partial charge on any atom is 0.316 e. The summed E-state index contributed by atoms with van der Waals surface area (Å²) in [6, 6.07) is 0. The molecule has 1 unspecified atom stereocenters. The molecular formula is C13H23NO3. The third kappa shape index (κ3) is 3.80. The van der Waals surface area contributed by atoms with Crippen molar-refractivity contribution < 1.29 is 14.3 Å². The number of ketones is 1. The van der Waals surface area contributed by atoms with E-state index < -0.39 is 5.92 Å². The first kappa shape index (κ1) is 14.2. The van der Waals surface area contributed by atoms with E-state index in [1.807, 2.05) is 27.7 Å². The molecule has 0 aromatic heterocycles. The van der Waals surface area contributed by atoms with Gasteiger partial charge in [0.15, 0.2) is 0 Å². The van der Waals surface area contributed by atoms with E-state index in [1.54, 1.807) is 6.92 Å². The molecule has 0 bridgehead atoms. The molecule has 1 aliphatic rings. The maximum atomic E-state index is 12.1. The van der Waals surface area contributed by atoms with Gasteiger partial charge in [0.2, 0.25) is 0 Å². The molecular weight excluding hydrogens is 218 g/mol. The van der Waals surface area contributed by atoms with E-state index in [9.17, 15) is 9.59 Å². The third-order valence-electron chi connectivity index (χ3n) is 2.97. The van der Waals surface area contributed by atoms with E-state index in [-0.39, 0.29) is 22.8 Å². The van der Waals surface area contributed by atoms with Crippen molar-refractivity contribution in [2.75, 3.05) is 6.61 Å². The fourth-order valence-corrected chi connectivity index (χ4v) is 2.65. The minimum atomic E-state index is -0.626. The van der Waals surface area contributed by atoms with Crippen LogP contribution in [0.15, 0.2) is 0 Å². The average Bonchev–Trinajstić information content (AvgIpc) is 2.18. The number of hydrogen-bond acceptors (Lipinski definition) is 4. The SMILES string of the molecule is CCOC(=O)C1CC(C)(C)NC(C)(C)CC1=O. The Labute approximate surface area is 103 Å². The van der Waals surface area contributed by atoms with Crippen molar-refractivity contribution >= 4 is 11.8 Å². The molecule has 1 aliphatic heterocycles. The monoisotopic (exact) mass is 241 g/mol. The molecule has 0 radical (unpaired) electrons. The van der Waals surface area contributed by atoms with Gasteiger partial charge in [0.05, 0.1) is 6.61 Å². The van der Waals surface area contributed by atoms with Gasteiger partial charge in [0, 0.05) is 17.5 Å². The van der Waals surface area contributed by atoms with E-state index in [4.69, 9.17) is 4.74 Å². The summed E-state index contributed by atoms with van der Waals surface area (Å²) >= 11 is 0. The first-order chi connectivity index (χ1) is 7.67. The summed E-state index contributed by atoms with van der Waals surface area (Å²) in [5.74, 6) is -1.03. The lowest BCUT2D eigenvalue weighted by molar-refractivity contribution is -0.152. The van der Waals surface area contributed by atoms with Crippen molar-refractivity contribution in [1.29, 1.82) is 0 Å². The Balaban J connectivity index is 2.92. The molecule has 0 amide bonds. The number of esters is 1. The zero-order chi connectivity index (χ0) is 13.3. The Hall–Kier alpha value is -0.900. The van der Waals surface area contributed by atoms with Crippen LogP contribution in [0.5, 0.6) is 0 Å². The van der Waals surface area contributed by atoms with Crippen LogP contribution >= 0.6 is 0 Å². The summed E-state index contributed by atoms with van der Waals surface area (Å²) in [5.41, 5.74) is -0.519. The van der Waals surface area contributed by atoms with Crippen LogP contribution in [0.2, 0.25) is 0 Å². The smallest absolute Gasteiger partial charge is 0.316 e. The largest absolute Gasteiger partial charge is 0.465 e. The molecule has 17 heavy (non-hydrogen) atoms. The fourth-order valence-electron chi connectivity index (χ4n) is 2.65. The summed E-state index contributed by atoms with van der Waals surface area (Å²) in [6.07, 6.45) is 0.855. The first-order valence-corrected chi connectivity index (χ1v) is 6.15. The molecule has 1 fully saturated rings. The second-order valence-corrected chi connectivity index (χ2v) is 6.04. The Kier molecular flexibility index (Phi) is 3.97. The van der Waals surface area contributed by atoms with Crippen LogP contribution in [0.3, 0.4) is 0 Å². The average molecular weight is 241 g/mol. The molecule has 0 aromatic rings. The minimum Gasteiger partial charge on any atom is -0.465 e. The van der Waals surface area contributed by atoms with Crippen LogP contribution in [-0.2, 0) is 14.3 Å². The van der Waals surface area contributed by atoms with Crippen LogP contribution in [-0.4, -0.2) is 29.4 Å². The minimum absolute atomic E-state index is 0.0217. The molecule has 0 aliphatic carbocycles. The highest BCUT2D eigenvalue weighted by atomic mass is 16.5. The highest BCUT2D eigenvalue weighted by Gasteiger charge is 2.42. The molecule has 0 aromatic carbocycles. The van der Waals surface area contributed by atoms with Gasteiger partial charge in [-0.2, -0.15) is 0 Å². The van der Waals surface area contributed by atoms with Gasteiger partial charge in [0.25, 0.3) is 0 Å². The van der Waals surface area contributed by atoms with Crippen molar-refractivity contribution in [1.82, 2.24) is 5.32 Å². The van der Waals surface area contributed by atoms with Crippen molar-refractivity contribution in [2.24, 2.45) is 5.92 Å². The number of hydrogen-bond donors (Lipinski definition) is 1. The van der Waals surface area contributed by atoms with Crippen LogP contribution in [0.1, 0.15) is 47.5 Å². The van der Waals surface area contributed by atoms with Crippen molar-refractivity contribution in [3.63, 3.8) is 0 Å². The van der Waals surface area contributed by atoms with E-state index >= 15 is 0 Å². The molecule has 0 saturated carbocycles. The van der Waals surface area contributed by atoms with E-state index in [2.05, 4.69) is 5.32 Å². The fraction of sp³-hybridized carbons (Fsp3) is 0.846. The number of carbonyl (C=O) groups excluding carboxylic acids is 2. The molecule has 4 nitrogen and oxygen atoms in total. The lowest BCUT2D eigenvalue weighted by Crippen LogP contribution is -2.50. The summed E-state index contributed by atoms with van der Waals surface area (Å²) in [7, 11) is 0. The van der Waals surface area contributed by atoms with E-state index in [0.29, 0.717) is 19.4 Å². The Morgan fingerprint density at radius 2 is 1.94 bits per heavy atom. The quantitative estimate of drug-likeness (QED) is 0.590. The molecule has 1 atom stereocenters. The van der Waals surface area contributed by atoms with Crippen molar-refractivity contribution in [3.05, 3.63) is 0 Å². The summed E-state index contributed by atoms with van der Waals surface area (Å²) in [6.45, 7) is 10.1. The van der Waals surface area contributed by atoms with E-state index in [0.717, 1.165) is 0 Å². The molecule has 4 heteroatoms. The van der Waals surface area contributed by atoms with Gasteiger partial charge in [0.1, 0.15) is 11.7 Å². The zero-order valence-corrected chi connectivity index (χ0v) is 11.4. The normalized spacial score (nSPS) is 27.4. The van der Waals surface area contributed by atoms with Gasteiger partial charge in [-0.25, -0.2) is 0 Å². The van der Waals surface area contributed by atoms with Gasteiger partial charge in [-0.05, 0) is 41.0 Å². The molecule has 1 heterocycles. The predicted molar refractivity (Wildman–Crippen MR) is 65.7 cm³/mol. The summed E-state index contributed by atoms with van der Waals surface area (Å²) < 4.78 is 4.98. The van der Waals surface area contributed by atoms with Crippen LogP contribution in [0.25, 0.3) is 0 Å². The Morgan fingerprint density at radius 3 is 2.47 bits per heavy atom. The zero-order valence-electron chi connectivity index (χ0n) is 11.4. The Morgan fingerprint density at radius 1 is 1.35 bits per heavy atom. The van der Waals surface area contributed by atoms with Crippen LogP contribution in [0.4, 0.5) is 0 Å². The van der Waals surface area contributed by atoms with Crippen molar-refractivity contribution in [3.8, 4) is 0 Å². The number of Topliss-reactive ketones (excluding diaryl/α,β-unsaturated/α-hetero) is 1. The number of ether oxygens (including phenoxy) is 1. The van der Waals surface area contributed by atoms with Gasteiger partial charge in [-0.15, -0.1) is 0 Å². The molecule has 1 N–H and O–H groups in total. The van der Waals surface area contributed by atoms with E-state index in [1.165, 1.54) is 0 Å². The summed E-state index contributed by atoms with van der Waals surface area (Å²) in [5, 5.41) is 3.42. The van der Waals surface area contributed by atoms with Gasteiger partial charge in [-0.3, -0.25) is 9.59 Å². The van der Waals surface area contributed by atoms with Crippen LogP contribution in [0, 0.1) is 5.92 Å². The summed E-state index contributed by atoms with van der Waals surface area (Å²) in [4.78, 5) is 23.9. The molecule has 0 spiro atoms. The maximum absolute atomic E-state index is 12.1. The van der Waals surface area contributed by atoms with Gasteiger partial charge < -0.3 is 10.1 Å². The lowest BCUT2D eigenvalue weighted by atomic mass is 9.89. The highest BCUT2D eigenvalue weighted by Crippen LogP contribution is 2.29. The highest BCUT2D eigenvalue weighted by molar-refractivity contribution is 5.99. The lowest BCUT2D eigenvalue weighted by Gasteiger charge is -2.34. The number of carbonyl (C=O) groups is 2. The third-order valence-corrected chi connectivity index (χ3v) is 2.97. The molecule has 1 saturated heterocycles. The van der Waals surface area contributed by atoms with Crippen LogP contribution < -0.4 is 5.32 Å². The second kappa shape index (κ2) is 4.77. The van der Waals surface area contributed by atoms with Gasteiger partial charge >= 0.3 is 5.97 Å². The number of nitrogens with one attached hydrogen (secondary N) is 1. The molecule has 1 rings (SSSR count). The predicted octanol–water partition coefficient (Wildman–Crippen LogP) is 1.68. The second-order valence-electron chi connectivity index (χ2n) is 6.04. The van der Waals surface area contributed by atoms with Crippen molar-refractivity contribution in [2.45, 2.75) is 58.5 Å². The first-order valence-electron chi connectivity index (χ1n) is 6.15. The number of rotatable bonds is 2. The van der Waals surface area contributed by atoms with Gasteiger partial charge in [-0.1, -0.05) is 0 Å². The Bertz CT molecular complexity index is 321. The molecule has 98 valence electrons. The standard InChI is InChI=1S/C13H23NO3/c1-6-17-11(16)9-7-12(2,3)14-13(4,5)8-10(9)15/h9,14H,6-8H2,1-5H3. The topological polar surface area (TPSA) is 55.4 Å².